The van der Waals surface area contributed by atoms with Crippen molar-refractivity contribution in [3.05, 3.63) is 0 Å². The van der Waals surface area contributed by atoms with Crippen LogP contribution in [0.3, 0.4) is 0 Å². The lowest BCUT2D eigenvalue weighted by Gasteiger charge is -2.22. The molecule has 0 saturated heterocycles. The zero-order valence-electron chi connectivity index (χ0n) is 13.2. The molecule has 2 N–H and O–H groups in total. The smallest absolute Gasteiger partial charge is 0.0971 e. The first kappa shape index (κ1) is 16.5. The van der Waals surface area contributed by atoms with Crippen molar-refractivity contribution in [1.82, 2.24) is 4.90 Å². The lowest BCUT2D eigenvalue weighted by atomic mass is 9.88. The van der Waals surface area contributed by atoms with Crippen LogP contribution in [-0.2, 0) is 0 Å². The normalized spacial score (nSPS) is 19.9. The van der Waals surface area contributed by atoms with E-state index in [2.05, 4.69) is 25.7 Å². The molecule has 3 heteroatoms. The largest absolute Gasteiger partial charge is 0.387 e. The molecule has 0 amide bonds. The second kappa shape index (κ2) is 9.35. The van der Waals surface area contributed by atoms with E-state index in [4.69, 9.17) is 10.7 Å². The van der Waals surface area contributed by atoms with E-state index < -0.39 is 0 Å². The molecule has 1 aliphatic carbocycles. The van der Waals surface area contributed by atoms with E-state index in [0.717, 1.165) is 25.3 Å². The van der Waals surface area contributed by atoms with Crippen molar-refractivity contribution in [1.29, 1.82) is 0 Å². The van der Waals surface area contributed by atoms with E-state index in [1.807, 2.05) is 0 Å². The van der Waals surface area contributed by atoms with Gasteiger partial charge in [0.2, 0.25) is 0 Å². The summed E-state index contributed by atoms with van der Waals surface area (Å²) in [5.74, 6) is 1.49. The number of nitrogens with zero attached hydrogens (tertiary/aromatic N) is 2. The quantitative estimate of drug-likeness (QED) is 0.541. The minimum atomic E-state index is 0.387. The molecule has 0 heterocycles. The number of amidine groups is 1. The Morgan fingerprint density at radius 1 is 1.21 bits per heavy atom. The predicted octanol–water partition coefficient (Wildman–Crippen LogP) is 3.43. The standard InChI is InChI=1S/C16H33N3/c1-4-19(5-2)13-9-10-14(3)18-16(17)15-11-7-6-8-12-15/h14-15H,4-13H2,1-3H3,(H2,17,18). The van der Waals surface area contributed by atoms with Gasteiger partial charge in [0.05, 0.1) is 5.84 Å². The molecule has 19 heavy (non-hydrogen) atoms. The molecular formula is C16H33N3. The van der Waals surface area contributed by atoms with Crippen molar-refractivity contribution in [2.75, 3.05) is 19.6 Å². The van der Waals surface area contributed by atoms with Gasteiger partial charge in [-0.05, 0) is 52.2 Å². The molecule has 0 bridgehead atoms. The van der Waals surface area contributed by atoms with Crippen LogP contribution in [0.5, 0.6) is 0 Å². The van der Waals surface area contributed by atoms with Gasteiger partial charge in [-0.3, -0.25) is 4.99 Å². The molecule has 0 aromatic carbocycles. The number of rotatable bonds is 8. The number of hydrogen-bond donors (Lipinski definition) is 1. The van der Waals surface area contributed by atoms with Crippen LogP contribution >= 0.6 is 0 Å². The summed E-state index contributed by atoms with van der Waals surface area (Å²) in [4.78, 5) is 7.20. The van der Waals surface area contributed by atoms with Crippen molar-refractivity contribution < 1.29 is 0 Å². The van der Waals surface area contributed by atoms with Crippen LogP contribution < -0.4 is 5.73 Å². The molecule has 1 rings (SSSR count). The minimum Gasteiger partial charge on any atom is -0.387 e. The Kier molecular flexibility index (Phi) is 8.11. The van der Waals surface area contributed by atoms with E-state index in [0.29, 0.717) is 12.0 Å². The van der Waals surface area contributed by atoms with Crippen molar-refractivity contribution in [2.45, 2.75) is 71.8 Å². The first-order valence-corrected chi connectivity index (χ1v) is 8.22. The van der Waals surface area contributed by atoms with E-state index in [9.17, 15) is 0 Å². The zero-order chi connectivity index (χ0) is 14.1. The maximum absolute atomic E-state index is 6.17. The van der Waals surface area contributed by atoms with Crippen LogP contribution in [0.2, 0.25) is 0 Å². The highest BCUT2D eigenvalue weighted by molar-refractivity contribution is 5.83. The first-order valence-electron chi connectivity index (χ1n) is 8.22. The molecule has 0 aliphatic heterocycles. The first-order chi connectivity index (χ1) is 9.17. The summed E-state index contributed by atoms with van der Waals surface area (Å²) in [6.45, 7) is 10.2. The molecule has 1 unspecified atom stereocenters. The monoisotopic (exact) mass is 267 g/mol. The Morgan fingerprint density at radius 2 is 1.84 bits per heavy atom. The maximum atomic E-state index is 6.17. The number of aliphatic imine (C=N–C) groups is 1. The summed E-state index contributed by atoms with van der Waals surface area (Å²) in [5, 5.41) is 0. The Bertz CT molecular complexity index is 253. The second-order valence-electron chi connectivity index (χ2n) is 5.91. The predicted molar refractivity (Wildman–Crippen MR) is 84.7 cm³/mol. The number of nitrogens with two attached hydrogens (primary N) is 1. The summed E-state index contributed by atoms with van der Waals surface area (Å²) in [6.07, 6.45) is 8.93. The zero-order valence-corrected chi connectivity index (χ0v) is 13.2. The van der Waals surface area contributed by atoms with Crippen molar-refractivity contribution in [3.63, 3.8) is 0 Å². The summed E-state index contributed by atoms with van der Waals surface area (Å²) in [7, 11) is 0. The summed E-state index contributed by atoms with van der Waals surface area (Å²) in [5.41, 5.74) is 6.17. The van der Waals surface area contributed by atoms with Gasteiger partial charge >= 0.3 is 0 Å². The van der Waals surface area contributed by atoms with Crippen molar-refractivity contribution in [2.24, 2.45) is 16.6 Å². The summed E-state index contributed by atoms with van der Waals surface area (Å²) in [6, 6.07) is 0.387. The maximum Gasteiger partial charge on any atom is 0.0971 e. The third kappa shape index (κ3) is 6.42. The average Bonchev–Trinajstić information content (AvgIpc) is 2.44. The van der Waals surface area contributed by atoms with Gasteiger partial charge in [0.1, 0.15) is 0 Å². The fraction of sp³-hybridized carbons (Fsp3) is 0.938. The van der Waals surface area contributed by atoms with Crippen LogP contribution in [0.25, 0.3) is 0 Å². The van der Waals surface area contributed by atoms with Crippen LogP contribution in [-0.4, -0.2) is 36.4 Å². The van der Waals surface area contributed by atoms with Gasteiger partial charge < -0.3 is 10.6 Å². The van der Waals surface area contributed by atoms with Gasteiger partial charge in [0.25, 0.3) is 0 Å². The lowest BCUT2D eigenvalue weighted by molar-refractivity contribution is 0.294. The van der Waals surface area contributed by atoms with E-state index in [1.165, 1.54) is 45.1 Å². The highest BCUT2D eigenvalue weighted by Crippen LogP contribution is 2.24. The Balaban J connectivity index is 2.26. The highest BCUT2D eigenvalue weighted by atomic mass is 15.1. The summed E-state index contributed by atoms with van der Waals surface area (Å²) < 4.78 is 0. The number of hydrogen-bond acceptors (Lipinski definition) is 2. The molecule has 0 spiro atoms. The van der Waals surface area contributed by atoms with Crippen LogP contribution in [0, 0.1) is 5.92 Å². The Morgan fingerprint density at radius 3 is 2.42 bits per heavy atom. The molecule has 1 aliphatic rings. The minimum absolute atomic E-state index is 0.387. The summed E-state index contributed by atoms with van der Waals surface area (Å²) >= 11 is 0. The fourth-order valence-corrected chi connectivity index (χ4v) is 2.97. The molecule has 0 radical (unpaired) electrons. The molecule has 112 valence electrons. The van der Waals surface area contributed by atoms with Gasteiger partial charge in [-0.2, -0.15) is 0 Å². The second-order valence-corrected chi connectivity index (χ2v) is 5.91. The SMILES string of the molecule is CCN(CC)CCCC(C)N=C(N)C1CCCCC1. The molecular weight excluding hydrogens is 234 g/mol. The van der Waals surface area contributed by atoms with Crippen LogP contribution in [0.1, 0.15) is 65.7 Å². The molecule has 1 atom stereocenters. The van der Waals surface area contributed by atoms with Gasteiger partial charge in [-0.15, -0.1) is 0 Å². The third-order valence-corrected chi connectivity index (χ3v) is 4.38. The van der Waals surface area contributed by atoms with E-state index >= 15 is 0 Å². The molecule has 3 nitrogen and oxygen atoms in total. The van der Waals surface area contributed by atoms with Crippen LogP contribution in [0.4, 0.5) is 0 Å². The highest BCUT2D eigenvalue weighted by Gasteiger charge is 2.17. The van der Waals surface area contributed by atoms with Gasteiger partial charge in [0, 0.05) is 12.0 Å². The van der Waals surface area contributed by atoms with Crippen molar-refractivity contribution in [3.8, 4) is 0 Å². The van der Waals surface area contributed by atoms with Gasteiger partial charge in [0.15, 0.2) is 0 Å². The van der Waals surface area contributed by atoms with Gasteiger partial charge in [-0.25, -0.2) is 0 Å². The Hall–Kier alpha value is -0.570. The van der Waals surface area contributed by atoms with Crippen molar-refractivity contribution >= 4 is 5.84 Å². The van der Waals surface area contributed by atoms with E-state index in [1.54, 1.807) is 0 Å². The molecule has 0 aromatic heterocycles. The fourth-order valence-electron chi connectivity index (χ4n) is 2.97. The lowest BCUT2D eigenvalue weighted by Crippen LogP contribution is -2.28. The van der Waals surface area contributed by atoms with Gasteiger partial charge in [-0.1, -0.05) is 33.1 Å². The Labute approximate surface area is 119 Å². The molecule has 1 saturated carbocycles. The third-order valence-electron chi connectivity index (χ3n) is 4.38. The molecule has 0 aromatic rings. The average molecular weight is 267 g/mol. The van der Waals surface area contributed by atoms with Crippen LogP contribution in [0.15, 0.2) is 4.99 Å². The molecule has 1 fully saturated rings. The van der Waals surface area contributed by atoms with E-state index in [-0.39, 0.29) is 0 Å². The topological polar surface area (TPSA) is 41.6 Å².